The van der Waals surface area contributed by atoms with Gasteiger partial charge in [0.25, 0.3) is 5.91 Å². The Morgan fingerprint density at radius 2 is 2.00 bits per heavy atom. The van der Waals surface area contributed by atoms with Crippen LogP contribution in [0.3, 0.4) is 0 Å². The van der Waals surface area contributed by atoms with E-state index in [-0.39, 0.29) is 23.9 Å². The summed E-state index contributed by atoms with van der Waals surface area (Å²) in [6.07, 6.45) is 4.69. The molecule has 9 nitrogen and oxygen atoms in total. The highest BCUT2D eigenvalue weighted by molar-refractivity contribution is 6.10. The third kappa shape index (κ3) is 4.42. The van der Waals surface area contributed by atoms with E-state index in [1.807, 2.05) is 35.9 Å². The van der Waals surface area contributed by atoms with Crippen molar-refractivity contribution < 1.29 is 13.9 Å². The lowest BCUT2D eigenvalue weighted by Crippen LogP contribution is -2.40. The summed E-state index contributed by atoms with van der Waals surface area (Å²) in [5, 5.41) is 8.35. The van der Waals surface area contributed by atoms with E-state index in [1.54, 1.807) is 23.4 Å². The predicted octanol–water partition coefficient (Wildman–Crippen LogP) is 5.63. The van der Waals surface area contributed by atoms with E-state index in [9.17, 15) is 4.79 Å². The number of rotatable bonds is 6. The Bertz CT molecular complexity index is 1860. The first kappa shape index (κ1) is 26.2. The molecule has 8 rings (SSSR count). The maximum Gasteiger partial charge on any atom is 0.260 e. The molecular weight excluding hydrogens is 545 g/mol. The molecule has 3 aliphatic heterocycles. The van der Waals surface area contributed by atoms with Gasteiger partial charge in [0.05, 0.1) is 25.3 Å². The normalized spacial score (nSPS) is 22.8. The van der Waals surface area contributed by atoms with Crippen LogP contribution >= 0.6 is 0 Å². The Balaban J connectivity index is 1.16. The fourth-order valence-corrected chi connectivity index (χ4v) is 6.92. The molecule has 5 heterocycles. The lowest BCUT2D eigenvalue weighted by Gasteiger charge is -2.30. The van der Waals surface area contributed by atoms with Crippen molar-refractivity contribution in [1.29, 1.82) is 0 Å². The molecule has 1 saturated carbocycles. The van der Waals surface area contributed by atoms with Crippen LogP contribution in [0.4, 0.5) is 15.9 Å². The van der Waals surface area contributed by atoms with Crippen molar-refractivity contribution in [2.24, 2.45) is 7.05 Å². The van der Waals surface area contributed by atoms with Gasteiger partial charge in [0.1, 0.15) is 18.0 Å². The standard InChI is InChI=1S/C33H30FN7O2/c1-33-13-23(16-43-33)40(17-33)14-19-8-26-27(28(34)9-19)15-41(32(26)42)30-11-21(10-29(37-30)20-4-5-20)24-7-6-22(35-2)12-25(24)31-38-36-18-39(31)3/h6-12,18,20,23H,4-5,13-17H2,1,3H3. The molecule has 10 heteroatoms. The quantitative estimate of drug-likeness (QED) is 0.277. The third-order valence-electron chi connectivity index (χ3n) is 9.28. The summed E-state index contributed by atoms with van der Waals surface area (Å²) in [6.45, 7) is 11.9. The zero-order valence-electron chi connectivity index (χ0n) is 24.0. The molecule has 2 unspecified atom stereocenters. The number of hydrogen-bond donors (Lipinski definition) is 0. The summed E-state index contributed by atoms with van der Waals surface area (Å²) in [4.78, 5) is 26.4. The maximum atomic E-state index is 15.5. The second-order valence-electron chi connectivity index (χ2n) is 12.5. The van der Waals surface area contributed by atoms with Crippen molar-refractivity contribution in [3.8, 4) is 22.5 Å². The zero-order valence-corrected chi connectivity index (χ0v) is 24.0. The van der Waals surface area contributed by atoms with Gasteiger partial charge in [-0.1, -0.05) is 12.1 Å². The number of anilines is 1. The Hall–Kier alpha value is -4.46. The molecule has 2 aromatic heterocycles. The zero-order chi connectivity index (χ0) is 29.5. The summed E-state index contributed by atoms with van der Waals surface area (Å²) in [7, 11) is 1.86. The van der Waals surface area contributed by atoms with Crippen molar-refractivity contribution in [3.05, 3.63) is 88.4 Å². The minimum absolute atomic E-state index is 0.131. The highest BCUT2D eigenvalue weighted by Crippen LogP contribution is 2.44. The summed E-state index contributed by atoms with van der Waals surface area (Å²) < 4.78 is 23.3. The number of fused-ring (bicyclic) bond motifs is 3. The highest BCUT2D eigenvalue weighted by Gasteiger charge is 2.47. The Morgan fingerprint density at radius 1 is 1.14 bits per heavy atom. The van der Waals surface area contributed by atoms with E-state index >= 15 is 4.39 Å². The van der Waals surface area contributed by atoms with Crippen LogP contribution in [0.15, 0.2) is 48.8 Å². The molecule has 4 aromatic rings. The van der Waals surface area contributed by atoms with Gasteiger partial charge in [-0.05, 0) is 73.2 Å². The average molecular weight is 576 g/mol. The number of hydrogen-bond acceptors (Lipinski definition) is 6. The van der Waals surface area contributed by atoms with Crippen LogP contribution in [0.5, 0.6) is 0 Å². The number of aryl methyl sites for hydroxylation is 1. The molecule has 2 aromatic carbocycles. The minimum atomic E-state index is -0.354. The number of aromatic nitrogens is 4. The second kappa shape index (κ2) is 9.53. The van der Waals surface area contributed by atoms with Gasteiger partial charge in [0.15, 0.2) is 11.5 Å². The number of morpholine rings is 1. The van der Waals surface area contributed by atoms with Crippen LogP contribution in [0.2, 0.25) is 0 Å². The number of nitrogens with zero attached hydrogens (tertiary/aromatic N) is 7. The first-order valence-electron chi connectivity index (χ1n) is 14.7. The lowest BCUT2D eigenvalue weighted by atomic mass is 9.97. The van der Waals surface area contributed by atoms with Crippen LogP contribution in [-0.4, -0.2) is 55.4 Å². The maximum absolute atomic E-state index is 15.5. The molecule has 0 spiro atoms. The fourth-order valence-electron chi connectivity index (χ4n) is 6.92. The Kier molecular flexibility index (Phi) is 5.80. The lowest BCUT2D eigenvalue weighted by molar-refractivity contribution is -0.0351. The number of benzene rings is 2. The van der Waals surface area contributed by atoms with Gasteiger partial charge in [-0.3, -0.25) is 14.6 Å². The molecule has 4 aliphatic rings. The number of carbonyl (C=O) groups excluding carboxylic acids is 1. The average Bonchev–Trinajstić information content (AvgIpc) is 3.36. The first-order chi connectivity index (χ1) is 20.8. The number of amides is 1. The number of pyridine rings is 1. The molecular formula is C33H30FN7O2. The van der Waals surface area contributed by atoms with Crippen LogP contribution < -0.4 is 4.90 Å². The topological polar surface area (TPSA) is 80.7 Å². The number of likely N-dealkylation sites (tertiary alicyclic amines) is 1. The summed E-state index contributed by atoms with van der Waals surface area (Å²) in [6, 6.07) is 13.2. The van der Waals surface area contributed by atoms with Crippen LogP contribution in [-0.2, 0) is 24.9 Å². The molecule has 2 atom stereocenters. The van der Waals surface area contributed by atoms with Crippen molar-refractivity contribution in [1.82, 2.24) is 24.6 Å². The molecule has 1 amide bonds. The van der Waals surface area contributed by atoms with Crippen molar-refractivity contribution in [2.75, 3.05) is 18.1 Å². The smallest absolute Gasteiger partial charge is 0.260 e. The van der Waals surface area contributed by atoms with Gasteiger partial charge < -0.3 is 9.30 Å². The van der Waals surface area contributed by atoms with Gasteiger partial charge in [-0.25, -0.2) is 14.2 Å². The summed E-state index contributed by atoms with van der Waals surface area (Å²) in [5.74, 6) is 0.870. The van der Waals surface area contributed by atoms with Gasteiger partial charge in [0.2, 0.25) is 0 Å². The van der Waals surface area contributed by atoms with Crippen LogP contribution in [0.25, 0.3) is 27.4 Å². The van der Waals surface area contributed by atoms with Crippen molar-refractivity contribution in [2.45, 2.75) is 56.8 Å². The van der Waals surface area contributed by atoms with Gasteiger partial charge >= 0.3 is 0 Å². The van der Waals surface area contributed by atoms with Gasteiger partial charge in [-0.15, -0.1) is 10.2 Å². The summed E-state index contributed by atoms with van der Waals surface area (Å²) in [5.41, 5.74) is 5.40. The monoisotopic (exact) mass is 575 g/mol. The van der Waals surface area contributed by atoms with Gasteiger partial charge in [0, 0.05) is 54.5 Å². The molecule has 0 N–H and O–H groups in total. The third-order valence-corrected chi connectivity index (χ3v) is 9.28. The largest absolute Gasteiger partial charge is 0.372 e. The van der Waals surface area contributed by atoms with Gasteiger partial charge in [-0.2, -0.15) is 0 Å². The van der Waals surface area contributed by atoms with Crippen molar-refractivity contribution in [3.63, 3.8) is 0 Å². The minimum Gasteiger partial charge on any atom is -0.372 e. The molecule has 2 saturated heterocycles. The first-order valence-corrected chi connectivity index (χ1v) is 14.7. The number of carbonyl (C=O) groups is 1. The van der Waals surface area contributed by atoms with E-state index in [4.69, 9.17) is 16.3 Å². The molecule has 43 heavy (non-hydrogen) atoms. The predicted molar refractivity (Wildman–Crippen MR) is 158 cm³/mol. The molecule has 1 aliphatic carbocycles. The van der Waals surface area contributed by atoms with Crippen LogP contribution in [0, 0.1) is 12.4 Å². The molecule has 2 bridgehead atoms. The Labute approximate surface area is 248 Å². The summed E-state index contributed by atoms with van der Waals surface area (Å²) >= 11 is 0. The molecule has 3 fully saturated rings. The van der Waals surface area contributed by atoms with E-state index in [1.165, 1.54) is 0 Å². The second-order valence-corrected chi connectivity index (χ2v) is 12.5. The van der Waals surface area contributed by atoms with Crippen LogP contribution in [0.1, 0.15) is 59.3 Å². The SMILES string of the molecule is [C-]#[N+]c1ccc(-c2cc(C3CC3)nc(N3Cc4c(F)cc(CN5CC6(C)CC5CO6)cc4C3=O)c2)c(-c2nncn2C)c1. The fraction of sp³-hybridized carbons (Fsp3) is 0.364. The van der Waals surface area contributed by atoms with E-state index in [0.717, 1.165) is 53.8 Å². The number of ether oxygens (including phenoxy) is 1. The Morgan fingerprint density at radius 3 is 2.70 bits per heavy atom. The van der Waals surface area contributed by atoms with E-state index in [0.29, 0.717) is 53.6 Å². The number of halogens is 1. The van der Waals surface area contributed by atoms with Crippen molar-refractivity contribution >= 4 is 17.4 Å². The van der Waals surface area contributed by atoms with E-state index < -0.39 is 0 Å². The molecule has 0 radical (unpaired) electrons. The highest BCUT2D eigenvalue weighted by atomic mass is 19.1. The van der Waals surface area contributed by atoms with E-state index in [2.05, 4.69) is 32.9 Å². The molecule has 216 valence electrons.